The van der Waals surface area contributed by atoms with Crippen molar-refractivity contribution in [2.75, 3.05) is 12.5 Å². The molecule has 0 aliphatic heterocycles. The van der Waals surface area contributed by atoms with Gasteiger partial charge >= 0.3 is 0 Å². The number of hydrogen-bond donors (Lipinski definition) is 2. The molecule has 0 aliphatic carbocycles. The molecule has 0 saturated carbocycles. The Morgan fingerprint density at radius 2 is 1.70 bits per heavy atom. The number of amides is 1. The zero-order valence-electron chi connectivity index (χ0n) is 10.6. The van der Waals surface area contributed by atoms with Crippen molar-refractivity contribution in [3.63, 3.8) is 0 Å². The van der Waals surface area contributed by atoms with Gasteiger partial charge in [-0.2, -0.15) is 0 Å². The van der Waals surface area contributed by atoms with E-state index in [0.29, 0.717) is 27.0 Å². The second-order valence-corrected chi connectivity index (χ2v) is 4.69. The molecule has 0 fully saturated rings. The molecule has 2 N–H and O–H groups in total. The number of anilines is 1. The predicted molar refractivity (Wildman–Crippen MR) is 80.5 cm³/mol. The number of methoxy groups -OCH3 is 1. The maximum Gasteiger partial charge on any atom is 0.273 e. The van der Waals surface area contributed by atoms with Crippen LogP contribution in [0.3, 0.4) is 0 Å². The smallest absolute Gasteiger partial charge is 0.273 e. The molecule has 0 atom stereocenters. The van der Waals surface area contributed by atoms with Crippen molar-refractivity contribution in [3.05, 3.63) is 58.1 Å². The summed E-state index contributed by atoms with van der Waals surface area (Å²) in [6, 6.07) is 12.0. The van der Waals surface area contributed by atoms with Gasteiger partial charge in [0.15, 0.2) is 0 Å². The summed E-state index contributed by atoms with van der Waals surface area (Å²) < 4.78 is 5.13. The summed E-state index contributed by atoms with van der Waals surface area (Å²) in [4.78, 5) is 12.1. The Morgan fingerprint density at radius 3 is 2.35 bits per heavy atom. The van der Waals surface area contributed by atoms with E-state index in [2.05, 4.69) is 10.9 Å². The van der Waals surface area contributed by atoms with E-state index < -0.39 is 0 Å². The highest BCUT2D eigenvalue weighted by atomic mass is 35.5. The van der Waals surface area contributed by atoms with E-state index in [1.165, 1.54) is 7.11 Å². The average molecular weight is 311 g/mol. The normalized spacial score (nSPS) is 9.95. The molecule has 2 aromatic rings. The third-order valence-corrected chi connectivity index (χ3v) is 3.25. The Kier molecular flexibility index (Phi) is 4.71. The summed E-state index contributed by atoms with van der Waals surface area (Å²) in [7, 11) is 1.50. The van der Waals surface area contributed by atoms with Gasteiger partial charge in [0.1, 0.15) is 5.75 Å². The van der Waals surface area contributed by atoms with Gasteiger partial charge in [0.05, 0.1) is 28.4 Å². The van der Waals surface area contributed by atoms with E-state index >= 15 is 0 Å². The number of nitrogens with one attached hydrogen (secondary N) is 2. The van der Waals surface area contributed by atoms with Crippen LogP contribution in [0.1, 0.15) is 10.4 Å². The monoisotopic (exact) mass is 310 g/mol. The van der Waals surface area contributed by atoms with Gasteiger partial charge in [0, 0.05) is 0 Å². The highest BCUT2D eigenvalue weighted by Crippen LogP contribution is 2.29. The zero-order chi connectivity index (χ0) is 14.5. The number of benzene rings is 2. The molecule has 1 amide bonds. The van der Waals surface area contributed by atoms with Crippen LogP contribution in [0.2, 0.25) is 10.0 Å². The Balaban J connectivity index is 2.13. The van der Waals surface area contributed by atoms with Gasteiger partial charge in [-0.3, -0.25) is 15.6 Å². The topological polar surface area (TPSA) is 50.4 Å². The first-order chi connectivity index (χ1) is 9.63. The molecule has 6 heteroatoms. The van der Waals surface area contributed by atoms with Gasteiger partial charge in [0.2, 0.25) is 0 Å². The van der Waals surface area contributed by atoms with E-state index in [-0.39, 0.29) is 5.91 Å². The summed E-state index contributed by atoms with van der Waals surface area (Å²) in [5.74, 6) is 0.135. The van der Waals surface area contributed by atoms with Crippen LogP contribution in [0.25, 0.3) is 0 Å². The molecule has 0 saturated heterocycles. The molecule has 0 heterocycles. The fourth-order valence-corrected chi connectivity index (χ4v) is 2.13. The van der Waals surface area contributed by atoms with Gasteiger partial charge in [0.25, 0.3) is 5.91 Å². The van der Waals surface area contributed by atoms with E-state index in [9.17, 15) is 4.79 Å². The predicted octanol–water partition coefficient (Wildman–Crippen LogP) is 3.76. The van der Waals surface area contributed by atoms with Crippen molar-refractivity contribution < 1.29 is 9.53 Å². The first-order valence-corrected chi connectivity index (χ1v) is 6.52. The van der Waals surface area contributed by atoms with Crippen LogP contribution in [0.5, 0.6) is 5.75 Å². The Hall–Kier alpha value is -1.91. The Morgan fingerprint density at radius 1 is 1.05 bits per heavy atom. The number of hydrazine groups is 1. The summed E-state index contributed by atoms with van der Waals surface area (Å²) in [5, 5.41) is 0.829. The molecule has 0 aromatic heterocycles. The highest BCUT2D eigenvalue weighted by molar-refractivity contribution is 6.39. The largest absolute Gasteiger partial charge is 0.496 e. The second kappa shape index (κ2) is 6.50. The molecular weight excluding hydrogens is 299 g/mol. The Labute approximate surface area is 126 Å². The maximum absolute atomic E-state index is 12.1. The van der Waals surface area contributed by atoms with E-state index in [1.54, 1.807) is 42.5 Å². The molecule has 4 nitrogen and oxygen atoms in total. The van der Waals surface area contributed by atoms with Crippen LogP contribution in [0, 0.1) is 0 Å². The SMILES string of the molecule is COc1ccccc1C(=O)NNc1c(Cl)cccc1Cl. The summed E-state index contributed by atoms with van der Waals surface area (Å²) in [6.07, 6.45) is 0. The van der Waals surface area contributed by atoms with Crippen molar-refractivity contribution >= 4 is 34.8 Å². The molecule has 104 valence electrons. The lowest BCUT2D eigenvalue weighted by Gasteiger charge is -2.13. The molecule has 0 radical (unpaired) electrons. The molecule has 2 aromatic carbocycles. The van der Waals surface area contributed by atoms with Crippen molar-refractivity contribution in [1.29, 1.82) is 0 Å². The van der Waals surface area contributed by atoms with E-state index in [1.807, 2.05) is 0 Å². The second-order valence-electron chi connectivity index (χ2n) is 3.88. The maximum atomic E-state index is 12.1. The molecule has 2 rings (SSSR count). The van der Waals surface area contributed by atoms with Crippen molar-refractivity contribution in [2.24, 2.45) is 0 Å². The van der Waals surface area contributed by atoms with Crippen molar-refractivity contribution in [2.45, 2.75) is 0 Å². The van der Waals surface area contributed by atoms with Gasteiger partial charge in [-0.15, -0.1) is 0 Å². The molecule has 0 bridgehead atoms. The number of carbonyl (C=O) groups is 1. The van der Waals surface area contributed by atoms with Crippen molar-refractivity contribution in [1.82, 2.24) is 5.43 Å². The lowest BCUT2D eigenvalue weighted by Crippen LogP contribution is -2.29. The first-order valence-electron chi connectivity index (χ1n) is 5.77. The van der Waals surface area contributed by atoms with Gasteiger partial charge in [-0.05, 0) is 24.3 Å². The fraction of sp³-hybridized carbons (Fsp3) is 0.0714. The van der Waals surface area contributed by atoms with Crippen LogP contribution in [0.4, 0.5) is 5.69 Å². The number of hydrogen-bond acceptors (Lipinski definition) is 3. The van der Waals surface area contributed by atoms with Crippen LogP contribution in [-0.2, 0) is 0 Å². The lowest BCUT2D eigenvalue weighted by atomic mass is 10.2. The molecule has 0 aliphatic rings. The Bertz CT molecular complexity index is 612. The van der Waals surface area contributed by atoms with Gasteiger partial charge in [-0.1, -0.05) is 41.4 Å². The van der Waals surface area contributed by atoms with Crippen LogP contribution < -0.4 is 15.6 Å². The van der Waals surface area contributed by atoms with E-state index in [4.69, 9.17) is 27.9 Å². The third-order valence-electron chi connectivity index (χ3n) is 2.62. The van der Waals surface area contributed by atoms with Gasteiger partial charge < -0.3 is 4.74 Å². The summed E-state index contributed by atoms with van der Waals surface area (Å²) >= 11 is 12.0. The van der Waals surface area contributed by atoms with Crippen LogP contribution >= 0.6 is 23.2 Å². The molecular formula is C14H12Cl2N2O2. The standard InChI is InChI=1S/C14H12Cl2N2O2/c1-20-12-8-3-2-5-9(12)14(19)18-17-13-10(15)6-4-7-11(13)16/h2-8,17H,1H3,(H,18,19). The minimum absolute atomic E-state index is 0.349. The number of carbonyl (C=O) groups excluding carboxylic acids is 1. The minimum Gasteiger partial charge on any atom is -0.496 e. The van der Waals surface area contributed by atoms with Crippen LogP contribution in [0.15, 0.2) is 42.5 Å². The minimum atomic E-state index is -0.349. The zero-order valence-corrected chi connectivity index (χ0v) is 12.1. The number of halogens is 2. The number of rotatable bonds is 4. The fourth-order valence-electron chi connectivity index (χ4n) is 1.64. The number of ether oxygens (including phenoxy) is 1. The highest BCUT2D eigenvalue weighted by Gasteiger charge is 2.12. The summed E-state index contributed by atoms with van der Waals surface area (Å²) in [6.45, 7) is 0. The number of para-hydroxylation sites is 2. The van der Waals surface area contributed by atoms with E-state index in [0.717, 1.165) is 0 Å². The third kappa shape index (κ3) is 3.15. The summed E-state index contributed by atoms with van der Waals surface area (Å²) in [5.41, 5.74) is 6.10. The molecule has 0 spiro atoms. The molecule has 20 heavy (non-hydrogen) atoms. The van der Waals surface area contributed by atoms with Crippen LogP contribution in [-0.4, -0.2) is 13.0 Å². The lowest BCUT2D eigenvalue weighted by molar-refractivity contribution is 0.0959. The van der Waals surface area contributed by atoms with Gasteiger partial charge in [-0.25, -0.2) is 0 Å². The average Bonchev–Trinajstić information content (AvgIpc) is 2.46. The quantitative estimate of drug-likeness (QED) is 0.845. The van der Waals surface area contributed by atoms with Crippen molar-refractivity contribution in [3.8, 4) is 5.75 Å². The first kappa shape index (κ1) is 14.5. The molecule has 0 unspecified atom stereocenters.